The van der Waals surface area contributed by atoms with Crippen LogP contribution >= 0.6 is 23.2 Å². The third-order valence-electron chi connectivity index (χ3n) is 3.88. The molecule has 1 aliphatic rings. The lowest BCUT2D eigenvalue weighted by Gasteiger charge is -2.22. The van der Waals surface area contributed by atoms with E-state index in [1.165, 1.54) is 0 Å². The van der Waals surface area contributed by atoms with E-state index < -0.39 is 0 Å². The minimum Gasteiger partial charge on any atom is -0.369 e. The number of nitrogens with zero attached hydrogens (tertiary/aromatic N) is 2. The molecule has 1 aromatic rings. The molecular weight excluding hydrogens is 331 g/mol. The summed E-state index contributed by atoms with van der Waals surface area (Å²) in [6.07, 6.45) is 3.34. The summed E-state index contributed by atoms with van der Waals surface area (Å²) < 4.78 is 0. The summed E-state index contributed by atoms with van der Waals surface area (Å²) in [4.78, 5) is 18.4. The van der Waals surface area contributed by atoms with E-state index in [-0.39, 0.29) is 5.78 Å². The lowest BCUT2D eigenvalue weighted by molar-refractivity contribution is -0.111. The van der Waals surface area contributed by atoms with Gasteiger partial charge in [-0.05, 0) is 55.8 Å². The molecule has 122 valence electrons. The number of anilines is 1. The van der Waals surface area contributed by atoms with Crippen molar-refractivity contribution in [1.29, 1.82) is 0 Å². The Morgan fingerprint density at radius 3 is 2.13 bits per heavy atom. The molecule has 1 aliphatic carbocycles. The van der Waals surface area contributed by atoms with Crippen LogP contribution in [-0.2, 0) is 4.79 Å². The van der Waals surface area contributed by atoms with Gasteiger partial charge in [-0.15, -0.1) is 23.2 Å². The molecule has 3 nitrogen and oxygen atoms in total. The second-order valence-electron chi connectivity index (χ2n) is 5.33. The standard InChI is InChI=1S/C18H20Cl2N2O/c1-13-14(2)18(23)8-7-17(13)21-15-3-5-16(6-4-15)22(11-9-19)12-10-20/h3-8H,9-12H2,1-2H3. The van der Waals surface area contributed by atoms with Crippen molar-refractivity contribution in [2.45, 2.75) is 13.8 Å². The highest BCUT2D eigenvalue weighted by atomic mass is 35.5. The van der Waals surface area contributed by atoms with Gasteiger partial charge >= 0.3 is 0 Å². The van der Waals surface area contributed by atoms with E-state index in [1.54, 1.807) is 12.2 Å². The van der Waals surface area contributed by atoms with Crippen molar-refractivity contribution in [1.82, 2.24) is 0 Å². The highest BCUT2D eigenvalue weighted by Gasteiger charge is 2.14. The number of hydrogen-bond donors (Lipinski definition) is 0. The second-order valence-corrected chi connectivity index (χ2v) is 6.08. The summed E-state index contributed by atoms with van der Waals surface area (Å²) in [5.41, 5.74) is 4.43. The van der Waals surface area contributed by atoms with Gasteiger partial charge in [-0.3, -0.25) is 4.79 Å². The van der Waals surface area contributed by atoms with Gasteiger partial charge in [0.15, 0.2) is 5.78 Å². The molecule has 0 aromatic heterocycles. The molecule has 23 heavy (non-hydrogen) atoms. The van der Waals surface area contributed by atoms with Crippen molar-refractivity contribution in [3.8, 4) is 0 Å². The van der Waals surface area contributed by atoms with Crippen LogP contribution in [0.5, 0.6) is 0 Å². The second kappa shape index (κ2) is 8.32. The fourth-order valence-corrected chi connectivity index (χ4v) is 2.76. The van der Waals surface area contributed by atoms with Crippen molar-refractivity contribution < 1.29 is 4.79 Å². The monoisotopic (exact) mass is 350 g/mol. The summed E-state index contributed by atoms with van der Waals surface area (Å²) >= 11 is 11.7. The molecule has 0 heterocycles. The number of benzene rings is 1. The van der Waals surface area contributed by atoms with Gasteiger partial charge < -0.3 is 4.90 Å². The van der Waals surface area contributed by atoms with Crippen molar-refractivity contribution in [2.24, 2.45) is 4.99 Å². The van der Waals surface area contributed by atoms with Crippen molar-refractivity contribution in [3.05, 3.63) is 47.6 Å². The number of ketones is 1. The van der Waals surface area contributed by atoms with Gasteiger partial charge in [0.25, 0.3) is 0 Å². The lowest BCUT2D eigenvalue weighted by atomic mass is 9.97. The average Bonchev–Trinajstić information content (AvgIpc) is 2.56. The van der Waals surface area contributed by atoms with E-state index >= 15 is 0 Å². The first-order valence-electron chi connectivity index (χ1n) is 7.52. The molecule has 0 saturated carbocycles. The molecule has 0 amide bonds. The number of alkyl halides is 2. The Hall–Kier alpha value is -1.58. The predicted molar refractivity (Wildman–Crippen MR) is 99.7 cm³/mol. The Labute approximate surface area is 147 Å². The SMILES string of the molecule is CC1=C(C)C(=Nc2ccc(N(CCCl)CCCl)cc2)C=CC1=O. The fraction of sp³-hybridized carbons (Fsp3) is 0.333. The van der Waals surface area contributed by atoms with Crippen LogP contribution in [0.3, 0.4) is 0 Å². The van der Waals surface area contributed by atoms with Crippen molar-refractivity contribution in [2.75, 3.05) is 29.7 Å². The predicted octanol–water partition coefficient (Wildman–Crippen LogP) is 4.52. The first-order valence-corrected chi connectivity index (χ1v) is 8.59. The maximum absolute atomic E-state index is 11.6. The third-order valence-corrected chi connectivity index (χ3v) is 4.22. The van der Waals surface area contributed by atoms with Crippen LogP contribution in [0.2, 0.25) is 0 Å². The Balaban J connectivity index is 2.21. The molecule has 0 spiro atoms. The molecule has 0 unspecified atom stereocenters. The quantitative estimate of drug-likeness (QED) is 0.558. The van der Waals surface area contributed by atoms with Crippen LogP contribution in [0.15, 0.2) is 52.6 Å². The molecule has 0 bridgehead atoms. The first-order chi connectivity index (χ1) is 11.1. The number of carbonyl (C=O) groups excluding carboxylic acids is 1. The zero-order valence-electron chi connectivity index (χ0n) is 13.4. The van der Waals surface area contributed by atoms with Crippen LogP contribution in [0.4, 0.5) is 11.4 Å². The highest BCUT2D eigenvalue weighted by Crippen LogP contribution is 2.23. The Bertz CT molecular complexity index is 654. The summed E-state index contributed by atoms with van der Waals surface area (Å²) in [5.74, 6) is 1.17. The molecule has 1 aromatic carbocycles. The third kappa shape index (κ3) is 4.46. The summed E-state index contributed by atoms with van der Waals surface area (Å²) in [5, 5.41) is 0. The van der Waals surface area contributed by atoms with Crippen molar-refractivity contribution >= 4 is 46.1 Å². The minimum atomic E-state index is 0.0505. The highest BCUT2D eigenvalue weighted by molar-refractivity contribution is 6.22. The zero-order valence-corrected chi connectivity index (χ0v) is 14.9. The number of allylic oxidation sites excluding steroid dienone is 4. The Morgan fingerprint density at radius 2 is 1.57 bits per heavy atom. The fourth-order valence-electron chi connectivity index (χ4n) is 2.35. The topological polar surface area (TPSA) is 32.7 Å². The van der Waals surface area contributed by atoms with Crippen LogP contribution in [-0.4, -0.2) is 36.3 Å². The van der Waals surface area contributed by atoms with Crippen LogP contribution in [0.25, 0.3) is 0 Å². The van der Waals surface area contributed by atoms with Gasteiger partial charge in [0.1, 0.15) is 0 Å². The number of hydrogen-bond acceptors (Lipinski definition) is 3. The Kier molecular flexibility index (Phi) is 6.43. The largest absolute Gasteiger partial charge is 0.369 e. The molecule has 2 rings (SSSR count). The minimum absolute atomic E-state index is 0.0505. The molecule has 0 N–H and O–H groups in total. The average molecular weight is 351 g/mol. The van der Waals surface area contributed by atoms with Crippen molar-refractivity contribution in [3.63, 3.8) is 0 Å². The zero-order chi connectivity index (χ0) is 16.8. The maximum atomic E-state index is 11.6. The van der Waals surface area contributed by atoms with Gasteiger partial charge in [0.2, 0.25) is 0 Å². The normalized spacial score (nSPS) is 16.3. The molecule has 0 fully saturated rings. The summed E-state index contributed by atoms with van der Waals surface area (Å²) in [6.45, 7) is 5.27. The van der Waals surface area contributed by atoms with E-state index in [4.69, 9.17) is 23.2 Å². The van der Waals surface area contributed by atoms with Gasteiger partial charge in [-0.2, -0.15) is 0 Å². The molecule has 0 saturated heterocycles. The smallest absolute Gasteiger partial charge is 0.181 e. The van der Waals surface area contributed by atoms with Gasteiger partial charge in [-0.25, -0.2) is 4.99 Å². The van der Waals surface area contributed by atoms with Crippen LogP contribution in [0, 0.1) is 0 Å². The number of carbonyl (C=O) groups is 1. The van der Waals surface area contributed by atoms with E-state index in [2.05, 4.69) is 9.89 Å². The van der Waals surface area contributed by atoms with E-state index in [1.807, 2.05) is 38.1 Å². The van der Waals surface area contributed by atoms with Crippen LogP contribution < -0.4 is 4.90 Å². The number of aliphatic imine (C=N–C) groups is 1. The molecule has 0 atom stereocenters. The first kappa shape index (κ1) is 17.8. The molecule has 5 heteroatoms. The maximum Gasteiger partial charge on any atom is 0.181 e. The molecule has 0 aliphatic heterocycles. The van der Waals surface area contributed by atoms with E-state index in [0.29, 0.717) is 11.8 Å². The summed E-state index contributed by atoms with van der Waals surface area (Å²) in [6, 6.07) is 7.96. The number of rotatable bonds is 6. The van der Waals surface area contributed by atoms with Gasteiger partial charge in [0.05, 0.1) is 11.4 Å². The van der Waals surface area contributed by atoms with Crippen LogP contribution in [0.1, 0.15) is 13.8 Å². The Morgan fingerprint density at radius 1 is 0.957 bits per heavy atom. The van der Waals surface area contributed by atoms with E-state index in [9.17, 15) is 4.79 Å². The number of halogens is 2. The molecule has 0 radical (unpaired) electrons. The summed E-state index contributed by atoms with van der Waals surface area (Å²) in [7, 11) is 0. The van der Waals surface area contributed by atoms with E-state index in [0.717, 1.165) is 41.3 Å². The van der Waals surface area contributed by atoms with Gasteiger partial charge in [0, 0.05) is 36.1 Å². The van der Waals surface area contributed by atoms with Gasteiger partial charge in [-0.1, -0.05) is 0 Å². The molecular formula is C18H20Cl2N2O. The lowest BCUT2D eigenvalue weighted by Crippen LogP contribution is -2.27.